The van der Waals surface area contributed by atoms with Gasteiger partial charge >= 0.3 is 29.6 Å². The first-order valence-electron chi connectivity index (χ1n) is 2.78. The Morgan fingerprint density at radius 2 is 1.67 bits per heavy atom. The molecule has 0 saturated carbocycles. The van der Waals surface area contributed by atoms with E-state index in [1.54, 1.807) is 0 Å². The van der Waals surface area contributed by atoms with E-state index in [1.165, 1.54) is 0 Å². The van der Waals surface area contributed by atoms with Crippen molar-refractivity contribution < 1.29 is 48.2 Å². The average Bonchev–Trinajstić information content (AvgIpc) is 1.85. The molecule has 0 saturated heterocycles. The van der Waals surface area contributed by atoms with Gasteiger partial charge in [-0.05, 0) is 12.1 Å². The minimum atomic E-state index is -1.85. The second-order valence-electron chi connectivity index (χ2n) is 1.88. The van der Waals surface area contributed by atoms with Crippen LogP contribution in [-0.2, 0) is 0 Å². The summed E-state index contributed by atoms with van der Waals surface area (Å²) in [6.45, 7) is 0. The van der Waals surface area contributed by atoms with E-state index in [-0.39, 0.29) is 29.6 Å². The summed E-state index contributed by atoms with van der Waals surface area (Å²) in [5.74, 6) is -4.09. The Morgan fingerprint density at radius 3 is 1.92 bits per heavy atom. The van der Waals surface area contributed by atoms with Gasteiger partial charge in [-0.15, -0.1) is 0 Å². The first kappa shape index (κ1) is 11.6. The monoisotopic (exact) mass is 180 g/mol. The van der Waals surface area contributed by atoms with Crippen LogP contribution in [0, 0.1) is 11.6 Å². The smallest absolute Gasteiger partial charge is 0.545 e. The number of carbonyl (C=O) groups is 1. The van der Waals surface area contributed by atoms with Crippen molar-refractivity contribution in [1.82, 2.24) is 0 Å². The van der Waals surface area contributed by atoms with Crippen LogP contribution in [-0.4, -0.2) is 5.97 Å². The molecule has 2 nitrogen and oxygen atoms in total. The van der Waals surface area contributed by atoms with Crippen LogP contribution in [0.4, 0.5) is 8.78 Å². The molecule has 12 heavy (non-hydrogen) atoms. The van der Waals surface area contributed by atoms with Crippen LogP contribution in [0.2, 0.25) is 0 Å². The molecule has 5 heteroatoms. The van der Waals surface area contributed by atoms with Crippen LogP contribution >= 0.6 is 0 Å². The Balaban J connectivity index is 0.00000121. The number of benzene rings is 1. The molecule has 58 valence electrons. The summed E-state index contributed by atoms with van der Waals surface area (Å²) < 4.78 is 24.9. The normalized spacial score (nSPS) is 8.83. The molecule has 1 aromatic rings. The van der Waals surface area contributed by atoms with E-state index in [1.807, 2.05) is 0 Å². The first-order chi connectivity index (χ1) is 5.13. The number of carbonyl (C=O) groups excluding carboxylic acids is 1. The molecular weight excluding hydrogens is 177 g/mol. The fourth-order valence-electron chi connectivity index (χ4n) is 0.693. The van der Waals surface area contributed by atoms with E-state index >= 15 is 0 Å². The molecule has 0 aliphatic carbocycles. The van der Waals surface area contributed by atoms with Gasteiger partial charge < -0.3 is 9.90 Å². The molecule has 0 aromatic heterocycles. The minimum absolute atomic E-state index is 0. The maximum absolute atomic E-state index is 12.4. The molecule has 0 spiro atoms. The van der Waals surface area contributed by atoms with Crippen molar-refractivity contribution >= 4 is 5.97 Å². The third-order valence-corrected chi connectivity index (χ3v) is 1.17. The van der Waals surface area contributed by atoms with Crippen LogP contribution in [0.1, 0.15) is 10.4 Å². The topological polar surface area (TPSA) is 40.1 Å². The predicted octanol–water partition coefficient (Wildman–Crippen LogP) is -2.67. The number of hydrogen-bond acceptors (Lipinski definition) is 2. The van der Waals surface area contributed by atoms with Crippen molar-refractivity contribution in [3.8, 4) is 0 Å². The van der Waals surface area contributed by atoms with Gasteiger partial charge in [-0.3, -0.25) is 0 Å². The Hall–Kier alpha value is -0.450. The third-order valence-electron chi connectivity index (χ3n) is 1.17. The Morgan fingerprint density at radius 1 is 1.25 bits per heavy atom. The maximum Gasteiger partial charge on any atom is 1.00 e. The van der Waals surface area contributed by atoms with Gasteiger partial charge in [0.15, 0.2) is 0 Å². The van der Waals surface area contributed by atoms with Gasteiger partial charge in [0.05, 0.1) is 11.5 Å². The molecule has 0 aliphatic heterocycles. The van der Waals surface area contributed by atoms with E-state index in [2.05, 4.69) is 0 Å². The molecule has 0 fully saturated rings. The second-order valence-corrected chi connectivity index (χ2v) is 1.88. The van der Waals surface area contributed by atoms with Crippen LogP contribution in [0.25, 0.3) is 0 Å². The standard InChI is InChI=1S/C7H4F2O2.Na/c8-4-2-1-3-5(9)6(4)7(10)11;/h1-3H,(H,10,11);/q;+1/p-1. The molecule has 0 unspecified atom stereocenters. The number of hydrogen-bond donors (Lipinski definition) is 0. The average molecular weight is 180 g/mol. The summed E-state index contributed by atoms with van der Waals surface area (Å²) in [6, 6.07) is 2.79. The zero-order valence-corrected chi connectivity index (χ0v) is 8.30. The van der Waals surface area contributed by atoms with E-state index in [0.29, 0.717) is 0 Å². The fourth-order valence-corrected chi connectivity index (χ4v) is 0.693. The van der Waals surface area contributed by atoms with E-state index in [9.17, 15) is 18.7 Å². The summed E-state index contributed by atoms with van der Waals surface area (Å²) in [5.41, 5.74) is -1.02. The first-order valence-corrected chi connectivity index (χ1v) is 2.78. The summed E-state index contributed by atoms with van der Waals surface area (Å²) in [5, 5.41) is 10.1. The third kappa shape index (κ3) is 2.27. The maximum atomic E-state index is 12.4. The molecular formula is C7H3F2NaO2. The van der Waals surface area contributed by atoms with Crippen molar-refractivity contribution in [1.29, 1.82) is 0 Å². The summed E-state index contributed by atoms with van der Waals surface area (Å²) >= 11 is 0. The van der Waals surface area contributed by atoms with Gasteiger partial charge in [0.25, 0.3) is 0 Å². The second kappa shape index (κ2) is 4.54. The van der Waals surface area contributed by atoms with Gasteiger partial charge in [-0.2, -0.15) is 0 Å². The van der Waals surface area contributed by atoms with Crippen LogP contribution in [0.15, 0.2) is 18.2 Å². The van der Waals surface area contributed by atoms with E-state index < -0.39 is 23.2 Å². The van der Waals surface area contributed by atoms with Crippen molar-refractivity contribution in [2.75, 3.05) is 0 Å². The zero-order valence-electron chi connectivity index (χ0n) is 6.30. The largest absolute Gasteiger partial charge is 1.00 e. The quantitative estimate of drug-likeness (QED) is 0.442. The number of rotatable bonds is 1. The number of halogens is 2. The molecule has 0 aliphatic rings. The van der Waals surface area contributed by atoms with Gasteiger partial charge in [0.2, 0.25) is 0 Å². The summed E-state index contributed by atoms with van der Waals surface area (Å²) in [6.07, 6.45) is 0. The Bertz CT molecular complexity index is 281. The van der Waals surface area contributed by atoms with Crippen LogP contribution in [0.5, 0.6) is 0 Å². The Kier molecular flexibility index (Phi) is 4.37. The molecule has 0 radical (unpaired) electrons. The molecule has 0 amide bonds. The molecule has 0 N–H and O–H groups in total. The van der Waals surface area contributed by atoms with Crippen molar-refractivity contribution in [3.05, 3.63) is 35.4 Å². The molecule has 1 rings (SSSR count). The van der Waals surface area contributed by atoms with E-state index in [4.69, 9.17) is 0 Å². The van der Waals surface area contributed by atoms with Crippen molar-refractivity contribution in [3.63, 3.8) is 0 Å². The SMILES string of the molecule is O=C([O-])c1c(F)cccc1F.[Na+]. The van der Waals surface area contributed by atoms with Crippen LogP contribution < -0.4 is 34.7 Å². The number of aromatic carboxylic acids is 1. The van der Waals surface area contributed by atoms with Gasteiger partial charge in [-0.1, -0.05) is 6.07 Å². The van der Waals surface area contributed by atoms with E-state index in [0.717, 1.165) is 18.2 Å². The number of carboxylic acids is 1. The molecule has 0 atom stereocenters. The van der Waals surface area contributed by atoms with Crippen LogP contribution in [0.3, 0.4) is 0 Å². The minimum Gasteiger partial charge on any atom is -0.545 e. The molecule has 0 heterocycles. The summed E-state index contributed by atoms with van der Waals surface area (Å²) in [4.78, 5) is 10.1. The van der Waals surface area contributed by atoms with Gasteiger partial charge in [-0.25, -0.2) is 8.78 Å². The fraction of sp³-hybridized carbons (Fsp3) is 0. The molecule has 1 aromatic carbocycles. The van der Waals surface area contributed by atoms with Gasteiger partial charge in [0.1, 0.15) is 11.6 Å². The van der Waals surface area contributed by atoms with Gasteiger partial charge in [0, 0.05) is 0 Å². The molecule has 0 bridgehead atoms. The predicted molar refractivity (Wildman–Crippen MR) is 30.7 cm³/mol. The summed E-state index contributed by atoms with van der Waals surface area (Å²) in [7, 11) is 0. The number of carboxylic acid groups (broad SMARTS) is 1. The van der Waals surface area contributed by atoms with Crippen molar-refractivity contribution in [2.24, 2.45) is 0 Å². The Labute approximate surface area is 89.5 Å². The van der Waals surface area contributed by atoms with Crippen molar-refractivity contribution in [2.45, 2.75) is 0 Å². The zero-order chi connectivity index (χ0) is 8.43.